The summed E-state index contributed by atoms with van der Waals surface area (Å²) in [6.45, 7) is 2.21. The Morgan fingerprint density at radius 2 is 1.94 bits per heavy atom. The quantitative estimate of drug-likeness (QED) is 0.691. The van der Waals surface area contributed by atoms with Crippen LogP contribution >= 0.6 is 0 Å². The zero-order valence-corrected chi connectivity index (χ0v) is 10.7. The summed E-state index contributed by atoms with van der Waals surface area (Å²) in [7, 11) is 0. The minimum absolute atomic E-state index is 0.194. The SMILES string of the molecule is NCCC1(CN(CC(N)=O)C2CCCC2)CC1. The van der Waals surface area contributed by atoms with Crippen LogP contribution in [0, 0.1) is 5.41 Å². The molecule has 0 radical (unpaired) electrons. The Bertz CT molecular complexity index is 270. The Labute approximate surface area is 104 Å². The molecule has 1 amide bonds. The molecule has 0 aromatic carbocycles. The van der Waals surface area contributed by atoms with Gasteiger partial charge in [-0.15, -0.1) is 0 Å². The van der Waals surface area contributed by atoms with Crippen molar-refractivity contribution in [2.24, 2.45) is 16.9 Å². The molecule has 0 heterocycles. The van der Waals surface area contributed by atoms with Gasteiger partial charge in [0.2, 0.25) is 5.91 Å². The maximum absolute atomic E-state index is 11.2. The number of carbonyl (C=O) groups excluding carboxylic acids is 1. The summed E-state index contributed by atoms with van der Waals surface area (Å²) in [5.41, 5.74) is 11.5. The molecule has 0 atom stereocenters. The number of hydrogen-bond acceptors (Lipinski definition) is 3. The predicted octanol–water partition coefficient (Wildman–Crippen LogP) is 0.845. The summed E-state index contributed by atoms with van der Waals surface area (Å²) in [4.78, 5) is 13.5. The van der Waals surface area contributed by atoms with E-state index in [0.717, 1.165) is 19.5 Å². The predicted molar refractivity (Wildman–Crippen MR) is 68.4 cm³/mol. The van der Waals surface area contributed by atoms with E-state index >= 15 is 0 Å². The molecule has 0 bridgehead atoms. The highest BCUT2D eigenvalue weighted by atomic mass is 16.1. The monoisotopic (exact) mass is 239 g/mol. The summed E-state index contributed by atoms with van der Waals surface area (Å²) in [6, 6.07) is 0.581. The Morgan fingerprint density at radius 3 is 2.41 bits per heavy atom. The third-order valence-electron chi connectivity index (χ3n) is 4.37. The van der Waals surface area contributed by atoms with E-state index in [1.54, 1.807) is 0 Å². The lowest BCUT2D eigenvalue weighted by molar-refractivity contribution is -0.119. The highest BCUT2D eigenvalue weighted by Crippen LogP contribution is 2.49. The van der Waals surface area contributed by atoms with Crippen LogP contribution in [0.25, 0.3) is 0 Å². The molecule has 0 unspecified atom stereocenters. The van der Waals surface area contributed by atoms with Gasteiger partial charge in [-0.3, -0.25) is 9.69 Å². The zero-order valence-electron chi connectivity index (χ0n) is 10.7. The molecule has 0 aliphatic heterocycles. The van der Waals surface area contributed by atoms with Gasteiger partial charge in [0.1, 0.15) is 0 Å². The van der Waals surface area contributed by atoms with Gasteiger partial charge in [-0.2, -0.15) is 0 Å². The lowest BCUT2D eigenvalue weighted by atomic mass is 10.0. The molecule has 17 heavy (non-hydrogen) atoms. The van der Waals surface area contributed by atoms with Gasteiger partial charge in [0.05, 0.1) is 6.54 Å². The van der Waals surface area contributed by atoms with Crippen molar-refractivity contribution in [1.82, 2.24) is 4.90 Å². The Balaban J connectivity index is 1.92. The molecule has 0 aromatic rings. The molecule has 4 N–H and O–H groups in total. The summed E-state index contributed by atoms with van der Waals surface area (Å²) in [5.74, 6) is -0.194. The van der Waals surface area contributed by atoms with Crippen molar-refractivity contribution in [2.75, 3.05) is 19.6 Å². The number of amides is 1. The van der Waals surface area contributed by atoms with Crippen molar-refractivity contribution in [3.05, 3.63) is 0 Å². The van der Waals surface area contributed by atoms with Crippen molar-refractivity contribution in [2.45, 2.75) is 51.0 Å². The number of carbonyl (C=O) groups is 1. The fourth-order valence-electron chi connectivity index (χ4n) is 3.18. The van der Waals surface area contributed by atoms with Crippen LogP contribution in [0.4, 0.5) is 0 Å². The van der Waals surface area contributed by atoms with Crippen molar-refractivity contribution >= 4 is 5.91 Å². The van der Waals surface area contributed by atoms with Gasteiger partial charge in [-0.1, -0.05) is 12.8 Å². The van der Waals surface area contributed by atoms with Crippen LogP contribution in [0.3, 0.4) is 0 Å². The third-order valence-corrected chi connectivity index (χ3v) is 4.37. The van der Waals surface area contributed by atoms with E-state index in [9.17, 15) is 4.79 Å². The largest absolute Gasteiger partial charge is 0.369 e. The lowest BCUT2D eigenvalue weighted by Crippen LogP contribution is -2.43. The van der Waals surface area contributed by atoms with Crippen molar-refractivity contribution in [3.8, 4) is 0 Å². The van der Waals surface area contributed by atoms with E-state index in [0.29, 0.717) is 18.0 Å². The highest BCUT2D eigenvalue weighted by Gasteiger charge is 2.44. The third kappa shape index (κ3) is 3.42. The van der Waals surface area contributed by atoms with Crippen LogP contribution in [0.15, 0.2) is 0 Å². The first-order valence-corrected chi connectivity index (χ1v) is 6.88. The summed E-state index contributed by atoms with van der Waals surface area (Å²) in [5, 5.41) is 0. The number of nitrogens with zero attached hydrogens (tertiary/aromatic N) is 1. The Kier molecular flexibility index (Phi) is 4.05. The van der Waals surface area contributed by atoms with Gasteiger partial charge in [0, 0.05) is 12.6 Å². The fourth-order valence-corrected chi connectivity index (χ4v) is 3.18. The van der Waals surface area contributed by atoms with Crippen LogP contribution < -0.4 is 11.5 Å². The van der Waals surface area contributed by atoms with Crippen LogP contribution in [0.1, 0.15) is 44.9 Å². The van der Waals surface area contributed by atoms with Gasteiger partial charge in [-0.05, 0) is 44.1 Å². The van der Waals surface area contributed by atoms with Gasteiger partial charge >= 0.3 is 0 Å². The average Bonchev–Trinajstić information content (AvgIpc) is 2.82. The maximum atomic E-state index is 11.2. The summed E-state index contributed by atoms with van der Waals surface area (Å²) < 4.78 is 0. The van der Waals surface area contributed by atoms with E-state index in [2.05, 4.69) is 4.90 Å². The molecule has 4 nitrogen and oxygen atoms in total. The molecule has 2 saturated carbocycles. The van der Waals surface area contributed by atoms with E-state index in [1.165, 1.54) is 38.5 Å². The number of nitrogens with two attached hydrogens (primary N) is 2. The number of primary amides is 1. The summed E-state index contributed by atoms with van der Waals surface area (Å²) in [6.07, 6.45) is 8.68. The van der Waals surface area contributed by atoms with Gasteiger partial charge in [0.25, 0.3) is 0 Å². The van der Waals surface area contributed by atoms with Crippen LogP contribution in [0.5, 0.6) is 0 Å². The van der Waals surface area contributed by atoms with E-state index in [-0.39, 0.29) is 5.91 Å². The maximum Gasteiger partial charge on any atom is 0.231 e. The molecule has 2 rings (SSSR count). The van der Waals surface area contributed by atoms with Crippen LogP contribution in [0.2, 0.25) is 0 Å². The molecule has 4 heteroatoms. The molecule has 2 aliphatic carbocycles. The second-order valence-electron chi connectivity index (χ2n) is 5.85. The first-order valence-electron chi connectivity index (χ1n) is 6.88. The molecule has 0 spiro atoms. The van der Waals surface area contributed by atoms with E-state index < -0.39 is 0 Å². The van der Waals surface area contributed by atoms with Crippen LogP contribution in [-0.4, -0.2) is 36.5 Å². The second-order valence-corrected chi connectivity index (χ2v) is 5.85. The molecular formula is C13H25N3O. The fraction of sp³-hybridized carbons (Fsp3) is 0.923. The average molecular weight is 239 g/mol. The number of hydrogen-bond donors (Lipinski definition) is 2. The Morgan fingerprint density at radius 1 is 1.29 bits per heavy atom. The normalized spacial score (nSPS) is 23.2. The molecule has 2 aliphatic rings. The molecule has 98 valence electrons. The van der Waals surface area contributed by atoms with Crippen molar-refractivity contribution in [1.29, 1.82) is 0 Å². The first kappa shape index (κ1) is 12.8. The highest BCUT2D eigenvalue weighted by molar-refractivity contribution is 5.76. The molecule has 0 saturated heterocycles. The molecule has 2 fully saturated rings. The first-order chi connectivity index (χ1) is 8.15. The molecular weight excluding hydrogens is 214 g/mol. The van der Waals surface area contributed by atoms with Gasteiger partial charge in [0.15, 0.2) is 0 Å². The topological polar surface area (TPSA) is 72.3 Å². The smallest absolute Gasteiger partial charge is 0.231 e. The van der Waals surface area contributed by atoms with E-state index in [4.69, 9.17) is 11.5 Å². The molecule has 0 aromatic heterocycles. The van der Waals surface area contributed by atoms with E-state index in [1.807, 2.05) is 0 Å². The number of rotatable bonds is 7. The lowest BCUT2D eigenvalue weighted by Gasteiger charge is -2.31. The van der Waals surface area contributed by atoms with Crippen molar-refractivity contribution in [3.63, 3.8) is 0 Å². The van der Waals surface area contributed by atoms with Crippen molar-refractivity contribution < 1.29 is 4.79 Å². The van der Waals surface area contributed by atoms with Crippen LogP contribution in [-0.2, 0) is 4.79 Å². The summed E-state index contributed by atoms with van der Waals surface area (Å²) >= 11 is 0. The minimum Gasteiger partial charge on any atom is -0.369 e. The Hall–Kier alpha value is -0.610. The zero-order chi connectivity index (χ0) is 12.3. The second kappa shape index (κ2) is 5.36. The van der Waals surface area contributed by atoms with Gasteiger partial charge in [-0.25, -0.2) is 0 Å². The van der Waals surface area contributed by atoms with Gasteiger partial charge < -0.3 is 11.5 Å². The standard InChI is InChI=1S/C13H25N3O/c14-8-7-13(5-6-13)10-16(9-12(15)17)11-3-1-2-4-11/h11H,1-10,14H2,(H2,15,17). The minimum atomic E-state index is -0.194.